The largest absolute Gasteiger partial charge is 0.340 e. The number of hydrogen-bond donors (Lipinski definition) is 0. The Balaban J connectivity index is 1.36. The highest BCUT2D eigenvalue weighted by Crippen LogP contribution is 2.33. The summed E-state index contributed by atoms with van der Waals surface area (Å²) in [5.74, 6) is 1.48. The molecule has 29 heavy (non-hydrogen) atoms. The monoisotopic (exact) mass is 404 g/mol. The minimum atomic E-state index is 0.175. The molecule has 1 saturated heterocycles. The first-order valence-corrected chi connectivity index (χ1v) is 11.1. The van der Waals surface area contributed by atoms with Gasteiger partial charge in [-0.3, -0.25) is 4.79 Å². The number of benzene rings is 2. The van der Waals surface area contributed by atoms with E-state index in [1.165, 1.54) is 4.70 Å². The second-order valence-corrected chi connectivity index (χ2v) is 8.72. The standard InChI is InChI=1S/C23H24N4OS/c1-2-21-24-17-9-3-5-11-19(17)27(21)15-22(28)26-13-7-8-16(14-26)23-25-18-10-4-6-12-20(18)29-23/h3-6,9-12,16H,2,7-8,13-15H2,1H3/t16-/m1/s1. The van der Waals surface area contributed by atoms with Gasteiger partial charge in [0.25, 0.3) is 0 Å². The lowest BCUT2D eigenvalue weighted by atomic mass is 9.98. The van der Waals surface area contributed by atoms with Crippen LogP contribution in [0.2, 0.25) is 0 Å². The van der Waals surface area contributed by atoms with E-state index in [0.717, 1.165) is 59.7 Å². The Kier molecular flexibility index (Phi) is 4.79. The minimum absolute atomic E-state index is 0.175. The highest BCUT2D eigenvalue weighted by molar-refractivity contribution is 7.18. The van der Waals surface area contributed by atoms with Crippen molar-refractivity contribution in [1.29, 1.82) is 0 Å². The number of rotatable bonds is 4. The second-order valence-electron chi connectivity index (χ2n) is 7.66. The Hall–Kier alpha value is -2.73. The number of aromatic nitrogens is 3. The molecule has 1 aliphatic heterocycles. The number of fused-ring (bicyclic) bond motifs is 2. The van der Waals surface area contributed by atoms with Crippen molar-refractivity contribution in [2.24, 2.45) is 0 Å². The first-order valence-electron chi connectivity index (χ1n) is 10.3. The molecular weight excluding hydrogens is 380 g/mol. The Bertz CT molecular complexity index is 1150. The molecule has 2 aromatic heterocycles. The SMILES string of the molecule is CCc1nc2ccccc2n1CC(=O)N1CCC[C@@H](c2nc3ccccc3s2)C1. The van der Waals surface area contributed by atoms with Crippen LogP contribution in [-0.2, 0) is 17.8 Å². The number of amides is 1. The summed E-state index contributed by atoms with van der Waals surface area (Å²) in [5.41, 5.74) is 3.06. The van der Waals surface area contributed by atoms with Crippen molar-refractivity contribution in [2.45, 2.75) is 38.6 Å². The fourth-order valence-corrected chi connectivity index (χ4v) is 5.37. The quantitative estimate of drug-likeness (QED) is 0.499. The summed E-state index contributed by atoms with van der Waals surface area (Å²) in [5, 5.41) is 1.16. The molecule has 6 heteroatoms. The van der Waals surface area contributed by atoms with E-state index >= 15 is 0 Å². The predicted molar refractivity (Wildman–Crippen MR) is 117 cm³/mol. The van der Waals surface area contributed by atoms with Gasteiger partial charge in [-0.05, 0) is 37.1 Å². The fourth-order valence-electron chi connectivity index (χ4n) is 4.28. The summed E-state index contributed by atoms with van der Waals surface area (Å²) in [6.45, 7) is 4.03. The lowest BCUT2D eigenvalue weighted by Crippen LogP contribution is -2.41. The number of para-hydroxylation sites is 3. The molecule has 0 unspecified atom stereocenters. The highest BCUT2D eigenvalue weighted by atomic mass is 32.1. The number of hydrogen-bond acceptors (Lipinski definition) is 4. The summed E-state index contributed by atoms with van der Waals surface area (Å²) >= 11 is 1.77. The molecular formula is C23H24N4OS. The number of aryl methyl sites for hydroxylation is 1. The molecule has 2 aromatic carbocycles. The van der Waals surface area contributed by atoms with Gasteiger partial charge in [-0.15, -0.1) is 11.3 Å². The zero-order valence-corrected chi connectivity index (χ0v) is 17.4. The molecule has 0 bridgehead atoms. The van der Waals surface area contributed by atoms with Gasteiger partial charge in [-0.2, -0.15) is 0 Å². The summed E-state index contributed by atoms with van der Waals surface area (Å²) in [7, 11) is 0. The van der Waals surface area contributed by atoms with Gasteiger partial charge in [0.15, 0.2) is 0 Å². The molecule has 1 fully saturated rings. The van der Waals surface area contributed by atoms with E-state index in [9.17, 15) is 4.79 Å². The molecule has 0 N–H and O–H groups in total. The summed E-state index contributed by atoms with van der Waals surface area (Å²) in [6.07, 6.45) is 2.94. The molecule has 1 amide bonds. The van der Waals surface area contributed by atoms with Crippen LogP contribution in [0.5, 0.6) is 0 Å². The Labute approximate surface area is 174 Å². The van der Waals surface area contributed by atoms with E-state index in [4.69, 9.17) is 9.97 Å². The van der Waals surface area contributed by atoms with Crippen LogP contribution in [0, 0.1) is 0 Å². The molecule has 5 nitrogen and oxygen atoms in total. The Morgan fingerprint density at radius 2 is 1.90 bits per heavy atom. The topological polar surface area (TPSA) is 51.0 Å². The zero-order valence-electron chi connectivity index (χ0n) is 16.5. The number of imidazole rings is 1. The molecule has 1 atom stereocenters. The molecule has 1 aliphatic rings. The van der Waals surface area contributed by atoms with E-state index in [1.54, 1.807) is 11.3 Å². The lowest BCUT2D eigenvalue weighted by molar-refractivity contribution is -0.133. The van der Waals surface area contributed by atoms with Crippen LogP contribution in [0.25, 0.3) is 21.3 Å². The van der Waals surface area contributed by atoms with Gasteiger partial charge < -0.3 is 9.47 Å². The second kappa shape index (κ2) is 7.59. The van der Waals surface area contributed by atoms with E-state index in [1.807, 2.05) is 29.2 Å². The average Bonchev–Trinajstić information content (AvgIpc) is 3.35. The first kappa shape index (κ1) is 18.3. The summed E-state index contributed by atoms with van der Waals surface area (Å²) in [4.78, 5) is 24.7. The van der Waals surface area contributed by atoms with Gasteiger partial charge in [-0.25, -0.2) is 9.97 Å². The van der Waals surface area contributed by atoms with Crippen LogP contribution in [0.4, 0.5) is 0 Å². The van der Waals surface area contributed by atoms with Gasteiger partial charge in [-0.1, -0.05) is 31.2 Å². The van der Waals surface area contributed by atoms with E-state index in [2.05, 4.69) is 35.8 Å². The van der Waals surface area contributed by atoms with E-state index < -0.39 is 0 Å². The van der Waals surface area contributed by atoms with Crippen LogP contribution in [-0.4, -0.2) is 38.4 Å². The van der Waals surface area contributed by atoms with Crippen molar-refractivity contribution in [1.82, 2.24) is 19.4 Å². The smallest absolute Gasteiger partial charge is 0.242 e. The lowest BCUT2D eigenvalue weighted by Gasteiger charge is -2.32. The Morgan fingerprint density at radius 3 is 2.72 bits per heavy atom. The van der Waals surface area contributed by atoms with Gasteiger partial charge in [0, 0.05) is 25.4 Å². The molecule has 5 rings (SSSR count). The molecule has 0 spiro atoms. The third-order valence-corrected chi connectivity index (χ3v) is 6.98. The van der Waals surface area contributed by atoms with Crippen LogP contribution >= 0.6 is 11.3 Å². The van der Waals surface area contributed by atoms with E-state index in [0.29, 0.717) is 12.5 Å². The maximum Gasteiger partial charge on any atom is 0.242 e. The van der Waals surface area contributed by atoms with Crippen molar-refractivity contribution < 1.29 is 4.79 Å². The van der Waals surface area contributed by atoms with Crippen molar-refractivity contribution >= 4 is 38.5 Å². The predicted octanol–water partition coefficient (Wildman–Crippen LogP) is 4.61. The first-order chi connectivity index (χ1) is 14.2. The summed E-state index contributed by atoms with van der Waals surface area (Å²) in [6, 6.07) is 16.3. The number of piperidine rings is 1. The average molecular weight is 405 g/mol. The number of carbonyl (C=O) groups is 1. The number of carbonyl (C=O) groups excluding carboxylic acids is 1. The Morgan fingerprint density at radius 1 is 1.10 bits per heavy atom. The molecule has 3 heterocycles. The minimum Gasteiger partial charge on any atom is -0.340 e. The third kappa shape index (κ3) is 3.42. The number of likely N-dealkylation sites (tertiary alicyclic amines) is 1. The van der Waals surface area contributed by atoms with Crippen molar-refractivity contribution in [2.75, 3.05) is 13.1 Å². The molecule has 0 saturated carbocycles. The van der Waals surface area contributed by atoms with Crippen LogP contribution in [0.1, 0.15) is 36.5 Å². The van der Waals surface area contributed by atoms with Gasteiger partial charge in [0.05, 0.1) is 26.3 Å². The third-order valence-electron chi connectivity index (χ3n) is 5.78. The van der Waals surface area contributed by atoms with E-state index in [-0.39, 0.29) is 5.91 Å². The molecule has 4 aromatic rings. The number of nitrogens with zero attached hydrogens (tertiary/aromatic N) is 4. The van der Waals surface area contributed by atoms with Gasteiger partial charge in [0.2, 0.25) is 5.91 Å². The van der Waals surface area contributed by atoms with Gasteiger partial charge in [0.1, 0.15) is 12.4 Å². The van der Waals surface area contributed by atoms with Crippen LogP contribution in [0.3, 0.4) is 0 Å². The maximum absolute atomic E-state index is 13.2. The van der Waals surface area contributed by atoms with Gasteiger partial charge >= 0.3 is 0 Å². The fraction of sp³-hybridized carbons (Fsp3) is 0.348. The van der Waals surface area contributed by atoms with Crippen molar-refractivity contribution in [3.05, 3.63) is 59.4 Å². The highest BCUT2D eigenvalue weighted by Gasteiger charge is 2.27. The zero-order chi connectivity index (χ0) is 19.8. The van der Waals surface area contributed by atoms with Crippen molar-refractivity contribution in [3.8, 4) is 0 Å². The maximum atomic E-state index is 13.2. The summed E-state index contributed by atoms with van der Waals surface area (Å²) < 4.78 is 3.31. The number of thiazole rings is 1. The van der Waals surface area contributed by atoms with Crippen LogP contribution in [0.15, 0.2) is 48.5 Å². The normalized spacial score (nSPS) is 17.3. The molecule has 0 aliphatic carbocycles. The molecule has 0 radical (unpaired) electrons. The van der Waals surface area contributed by atoms with Crippen LogP contribution < -0.4 is 0 Å². The molecule has 148 valence electrons. The van der Waals surface area contributed by atoms with Crippen molar-refractivity contribution in [3.63, 3.8) is 0 Å².